The fraction of sp³-hybridized carbons (Fsp3) is 0.636. The number of rotatable bonds is 10. The highest BCUT2D eigenvalue weighted by Gasteiger charge is 2.23. The van der Waals surface area contributed by atoms with Crippen molar-refractivity contribution in [1.29, 1.82) is 0 Å². The maximum absolute atomic E-state index is 11.3. The van der Waals surface area contributed by atoms with E-state index in [2.05, 4.69) is 23.2 Å². The number of nitrogens with two attached hydrogens (primary N) is 1. The summed E-state index contributed by atoms with van der Waals surface area (Å²) in [7, 11) is 0. The first-order valence-corrected chi connectivity index (χ1v) is 10.8. The summed E-state index contributed by atoms with van der Waals surface area (Å²) in [6, 6.07) is 6.08. The van der Waals surface area contributed by atoms with Crippen LogP contribution in [0.3, 0.4) is 0 Å². The Morgan fingerprint density at radius 3 is 2.69 bits per heavy atom. The minimum absolute atomic E-state index is 0.223. The Hall–Kier alpha value is -2.44. The SMILES string of the molecule is CCNC(=NCCc1ccc(OCC)c(OCC)c1)N1CCCC(CC(N)=O)C1. The summed E-state index contributed by atoms with van der Waals surface area (Å²) >= 11 is 0. The molecule has 0 aliphatic carbocycles. The second-order valence-electron chi connectivity index (χ2n) is 7.26. The summed E-state index contributed by atoms with van der Waals surface area (Å²) in [6.07, 6.45) is 3.37. The third kappa shape index (κ3) is 7.48. The molecule has 7 heteroatoms. The molecule has 0 saturated carbocycles. The molecule has 0 bridgehead atoms. The number of amides is 1. The van der Waals surface area contributed by atoms with Crippen LogP contribution in [0.15, 0.2) is 23.2 Å². The topological polar surface area (TPSA) is 89.2 Å². The number of guanidine groups is 1. The zero-order valence-corrected chi connectivity index (χ0v) is 18.1. The third-order valence-corrected chi connectivity index (χ3v) is 4.91. The monoisotopic (exact) mass is 404 g/mol. The molecule has 2 rings (SSSR count). The molecule has 1 aromatic rings. The zero-order valence-electron chi connectivity index (χ0n) is 18.1. The molecule has 1 heterocycles. The lowest BCUT2D eigenvalue weighted by Gasteiger charge is -2.34. The van der Waals surface area contributed by atoms with Crippen molar-refractivity contribution in [1.82, 2.24) is 10.2 Å². The number of likely N-dealkylation sites (tertiary alicyclic amines) is 1. The summed E-state index contributed by atoms with van der Waals surface area (Å²) in [5, 5.41) is 3.39. The molecule has 1 unspecified atom stereocenters. The van der Waals surface area contributed by atoms with Crippen molar-refractivity contribution in [2.24, 2.45) is 16.6 Å². The van der Waals surface area contributed by atoms with E-state index in [4.69, 9.17) is 20.2 Å². The van der Waals surface area contributed by atoms with Crippen molar-refractivity contribution in [2.45, 2.75) is 46.5 Å². The van der Waals surface area contributed by atoms with E-state index >= 15 is 0 Å². The molecule has 0 spiro atoms. The lowest BCUT2D eigenvalue weighted by Crippen LogP contribution is -2.47. The molecule has 1 atom stereocenters. The van der Waals surface area contributed by atoms with Gasteiger partial charge in [-0.2, -0.15) is 0 Å². The first kappa shape index (κ1) is 22.8. The highest BCUT2D eigenvalue weighted by Crippen LogP contribution is 2.28. The standard InChI is InChI=1S/C22H36N4O3/c1-4-24-22(26-13-7-8-18(16-26)15-21(23)27)25-12-11-17-9-10-19(28-5-2)20(14-17)29-6-3/h9-10,14,18H,4-8,11-13,15-16H2,1-3H3,(H2,23,27)(H,24,25). The van der Waals surface area contributed by atoms with Crippen LogP contribution in [0.5, 0.6) is 11.5 Å². The van der Waals surface area contributed by atoms with E-state index in [9.17, 15) is 4.79 Å². The molecular formula is C22H36N4O3. The van der Waals surface area contributed by atoms with Gasteiger partial charge >= 0.3 is 0 Å². The van der Waals surface area contributed by atoms with Gasteiger partial charge in [0.05, 0.1) is 13.2 Å². The van der Waals surface area contributed by atoms with Crippen LogP contribution < -0.4 is 20.5 Å². The van der Waals surface area contributed by atoms with Crippen molar-refractivity contribution >= 4 is 11.9 Å². The molecule has 1 fully saturated rings. The highest BCUT2D eigenvalue weighted by molar-refractivity contribution is 5.80. The Labute approximate surface area is 174 Å². The Bertz CT molecular complexity index is 678. The number of ether oxygens (including phenoxy) is 2. The zero-order chi connectivity index (χ0) is 21.1. The molecule has 29 heavy (non-hydrogen) atoms. The molecule has 1 amide bonds. The van der Waals surface area contributed by atoms with Crippen LogP contribution in [0.1, 0.15) is 45.6 Å². The molecular weight excluding hydrogens is 368 g/mol. The maximum atomic E-state index is 11.3. The minimum atomic E-state index is -0.223. The molecule has 3 N–H and O–H groups in total. The molecule has 1 aliphatic rings. The second kappa shape index (κ2) is 12.2. The van der Waals surface area contributed by atoms with Gasteiger partial charge in [0.15, 0.2) is 17.5 Å². The van der Waals surface area contributed by atoms with E-state index in [-0.39, 0.29) is 5.91 Å². The van der Waals surface area contributed by atoms with E-state index in [0.717, 1.165) is 56.4 Å². The van der Waals surface area contributed by atoms with Crippen LogP contribution >= 0.6 is 0 Å². The van der Waals surface area contributed by atoms with Gasteiger partial charge in [0.1, 0.15) is 0 Å². The number of nitrogens with zero attached hydrogens (tertiary/aromatic N) is 2. The van der Waals surface area contributed by atoms with E-state index in [1.807, 2.05) is 26.0 Å². The third-order valence-electron chi connectivity index (χ3n) is 4.91. The predicted molar refractivity (Wildman–Crippen MR) is 117 cm³/mol. The molecule has 162 valence electrons. The Balaban J connectivity index is 2.01. The number of aliphatic imine (C=N–C) groups is 1. The Morgan fingerprint density at radius 2 is 2.00 bits per heavy atom. The number of primary amides is 1. The Kier molecular flexibility index (Phi) is 9.60. The molecule has 1 saturated heterocycles. The summed E-state index contributed by atoms with van der Waals surface area (Å²) in [6.45, 7) is 10.5. The van der Waals surface area contributed by atoms with Crippen molar-refractivity contribution in [3.05, 3.63) is 23.8 Å². The number of benzene rings is 1. The van der Waals surface area contributed by atoms with Gasteiger partial charge in [0.2, 0.25) is 5.91 Å². The van der Waals surface area contributed by atoms with E-state index in [0.29, 0.717) is 32.1 Å². The van der Waals surface area contributed by atoms with Crippen molar-refractivity contribution in [2.75, 3.05) is 39.4 Å². The van der Waals surface area contributed by atoms with Crippen molar-refractivity contribution in [3.8, 4) is 11.5 Å². The van der Waals surface area contributed by atoms with E-state index in [1.165, 1.54) is 5.56 Å². The number of carbonyl (C=O) groups is 1. The average molecular weight is 405 g/mol. The summed E-state index contributed by atoms with van der Waals surface area (Å²) in [4.78, 5) is 18.4. The lowest BCUT2D eigenvalue weighted by atomic mass is 9.95. The molecule has 7 nitrogen and oxygen atoms in total. The number of hydrogen-bond acceptors (Lipinski definition) is 4. The van der Waals surface area contributed by atoms with Gasteiger partial charge < -0.3 is 25.4 Å². The molecule has 0 aromatic heterocycles. The van der Waals surface area contributed by atoms with Crippen LogP contribution in [0.25, 0.3) is 0 Å². The highest BCUT2D eigenvalue weighted by atomic mass is 16.5. The van der Waals surface area contributed by atoms with Gasteiger partial charge in [-0.25, -0.2) is 0 Å². The van der Waals surface area contributed by atoms with Gasteiger partial charge in [-0.05, 0) is 63.6 Å². The summed E-state index contributed by atoms with van der Waals surface area (Å²) < 4.78 is 11.3. The van der Waals surface area contributed by atoms with Crippen molar-refractivity contribution in [3.63, 3.8) is 0 Å². The van der Waals surface area contributed by atoms with E-state index < -0.39 is 0 Å². The van der Waals surface area contributed by atoms with Crippen LogP contribution in [0.2, 0.25) is 0 Å². The van der Waals surface area contributed by atoms with Crippen LogP contribution in [-0.2, 0) is 11.2 Å². The summed E-state index contributed by atoms with van der Waals surface area (Å²) in [5.41, 5.74) is 6.56. The first-order valence-electron chi connectivity index (χ1n) is 10.8. The van der Waals surface area contributed by atoms with Crippen LogP contribution in [0, 0.1) is 5.92 Å². The first-order chi connectivity index (χ1) is 14.1. The van der Waals surface area contributed by atoms with Crippen LogP contribution in [0.4, 0.5) is 0 Å². The largest absolute Gasteiger partial charge is 0.490 e. The second-order valence-corrected chi connectivity index (χ2v) is 7.26. The van der Waals surface area contributed by atoms with Gasteiger partial charge in [0, 0.05) is 32.6 Å². The number of nitrogens with one attached hydrogen (secondary N) is 1. The maximum Gasteiger partial charge on any atom is 0.217 e. The van der Waals surface area contributed by atoms with E-state index in [1.54, 1.807) is 0 Å². The lowest BCUT2D eigenvalue weighted by molar-refractivity contribution is -0.119. The van der Waals surface area contributed by atoms with Gasteiger partial charge in [-0.3, -0.25) is 9.79 Å². The fourth-order valence-corrected chi connectivity index (χ4v) is 3.68. The quantitative estimate of drug-likeness (QED) is 0.462. The predicted octanol–water partition coefficient (Wildman–Crippen LogP) is 2.58. The van der Waals surface area contributed by atoms with Gasteiger partial charge in [0.25, 0.3) is 0 Å². The average Bonchev–Trinajstić information content (AvgIpc) is 2.69. The summed E-state index contributed by atoms with van der Waals surface area (Å²) in [5.74, 6) is 2.57. The fourth-order valence-electron chi connectivity index (χ4n) is 3.68. The smallest absolute Gasteiger partial charge is 0.217 e. The number of hydrogen-bond donors (Lipinski definition) is 2. The molecule has 0 radical (unpaired) electrons. The van der Waals surface area contributed by atoms with Crippen LogP contribution in [-0.4, -0.2) is 56.2 Å². The van der Waals surface area contributed by atoms with Crippen molar-refractivity contribution < 1.29 is 14.3 Å². The molecule has 1 aromatic carbocycles. The number of piperidine rings is 1. The van der Waals surface area contributed by atoms with Gasteiger partial charge in [-0.15, -0.1) is 0 Å². The molecule has 1 aliphatic heterocycles. The minimum Gasteiger partial charge on any atom is -0.490 e. The number of carbonyl (C=O) groups excluding carboxylic acids is 1. The van der Waals surface area contributed by atoms with Gasteiger partial charge in [-0.1, -0.05) is 6.07 Å². The Morgan fingerprint density at radius 1 is 1.24 bits per heavy atom. The normalized spacial score (nSPS) is 17.1.